The first kappa shape index (κ1) is 16.7. The molecular formula is C12H16N4O4S2. The van der Waals surface area contributed by atoms with Gasteiger partial charge in [0.2, 0.25) is 11.8 Å². The molecule has 0 unspecified atom stereocenters. The van der Waals surface area contributed by atoms with Crippen LogP contribution < -0.4 is 5.32 Å². The fourth-order valence-corrected chi connectivity index (χ4v) is 3.70. The summed E-state index contributed by atoms with van der Waals surface area (Å²) in [5.41, 5.74) is 0. The summed E-state index contributed by atoms with van der Waals surface area (Å²) in [7, 11) is 1.25. The van der Waals surface area contributed by atoms with E-state index >= 15 is 0 Å². The number of nitrogens with one attached hydrogen (secondary N) is 1. The van der Waals surface area contributed by atoms with Crippen molar-refractivity contribution in [2.45, 2.75) is 23.7 Å². The van der Waals surface area contributed by atoms with Crippen LogP contribution in [0.3, 0.4) is 0 Å². The lowest BCUT2D eigenvalue weighted by Crippen LogP contribution is -2.58. The van der Waals surface area contributed by atoms with E-state index in [0.717, 1.165) is 5.01 Å². The molecule has 0 saturated carbocycles. The molecule has 1 aliphatic heterocycles. The van der Waals surface area contributed by atoms with Gasteiger partial charge in [0.15, 0.2) is 4.34 Å². The van der Waals surface area contributed by atoms with Gasteiger partial charge in [-0.05, 0) is 6.92 Å². The highest BCUT2D eigenvalue weighted by molar-refractivity contribution is 8.01. The Balaban J connectivity index is 1.98. The van der Waals surface area contributed by atoms with Crippen LogP contribution in [0.25, 0.3) is 0 Å². The smallest absolute Gasteiger partial charge is 0.308 e. The third kappa shape index (κ3) is 4.17. The molecule has 2 amide bonds. The van der Waals surface area contributed by atoms with E-state index in [4.69, 9.17) is 0 Å². The fourth-order valence-electron chi connectivity index (χ4n) is 2.00. The minimum absolute atomic E-state index is 0.142. The number of methoxy groups -OCH3 is 1. The van der Waals surface area contributed by atoms with Gasteiger partial charge in [-0.25, -0.2) is 0 Å². The van der Waals surface area contributed by atoms with Crippen LogP contribution in [0.4, 0.5) is 0 Å². The molecule has 1 aromatic rings. The second kappa shape index (κ2) is 7.54. The minimum atomic E-state index is -0.814. The predicted molar refractivity (Wildman–Crippen MR) is 80.5 cm³/mol. The normalized spacial score (nSPS) is 18.0. The van der Waals surface area contributed by atoms with Gasteiger partial charge in [0, 0.05) is 13.1 Å². The first-order valence-electron chi connectivity index (χ1n) is 6.58. The maximum Gasteiger partial charge on any atom is 0.308 e. The molecule has 0 aliphatic carbocycles. The molecule has 0 spiro atoms. The van der Waals surface area contributed by atoms with Crippen molar-refractivity contribution in [2.24, 2.45) is 0 Å². The first-order valence-corrected chi connectivity index (χ1v) is 8.38. The Morgan fingerprint density at radius 3 is 2.91 bits per heavy atom. The number of carbonyl (C=O) groups excluding carboxylic acids is 3. The zero-order valence-corrected chi connectivity index (χ0v) is 13.8. The predicted octanol–water partition coefficient (Wildman–Crippen LogP) is -0.171. The number of ether oxygens (including phenoxy) is 1. The van der Waals surface area contributed by atoms with Crippen LogP contribution >= 0.6 is 23.1 Å². The number of aryl methyl sites for hydroxylation is 1. The van der Waals surface area contributed by atoms with E-state index in [1.807, 2.05) is 6.92 Å². The molecule has 1 atom stereocenters. The van der Waals surface area contributed by atoms with Crippen molar-refractivity contribution < 1.29 is 19.1 Å². The lowest BCUT2D eigenvalue weighted by Gasteiger charge is -2.34. The molecule has 2 heterocycles. The van der Waals surface area contributed by atoms with Gasteiger partial charge in [-0.2, -0.15) is 0 Å². The van der Waals surface area contributed by atoms with Crippen LogP contribution in [-0.2, 0) is 19.1 Å². The van der Waals surface area contributed by atoms with Gasteiger partial charge in [-0.3, -0.25) is 14.4 Å². The van der Waals surface area contributed by atoms with E-state index < -0.39 is 12.0 Å². The lowest BCUT2D eigenvalue weighted by atomic mass is 10.1. The zero-order chi connectivity index (χ0) is 16.1. The average Bonchev–Trinajstić information content (AvgIpc) is 2.92. The number of rotatable bonds is 5. The number of hydrogen-bond acceptors (Lipinski definition) is 8. The van der Waals surface area contributed by atoms with Gasteiger partial charge in [-0.15, -0.1) is 10.2 Å². The topological polar surface area (TPSA) is 101 Å². The van der Waals surface area contributed by atoms with Crippen molar-refractivity contribution in [3.63, 3.8) is 0 Å². The average molecular weight is 344 g/mol. The molecule has 1 aliphatic rings. The second-order valence-corrected chi connectivity index (χ2v) is 6.95. The second-order valence-electron chi connectivity index (χ2n) is 4.55. The zero-order valence-electron chi connectivity index (χ0n) is 12.2. The van der Waals surface area contributed by atoms with Crippen LogP contribution in [0.2, 0.25) is 0 Å². The molecular weight excluding hydrogens is 328 g/mol. The van der Waals surface area contributed by atoms with Gasteiger partial charge in [0.25, 0.3) is 0 Å². The summed E-state index contributed by atoms with van der Waals surface area (Å²) >= 11 is 2.69. The van der Waals surface area contributed by atoms with Crippen molar-refractivity contribution in [3.05, 3.63) is 5.01 Å². The summed E-state index contributed by atoms with van der Waals surface area (Å²) in [5.74, 6) is -0.907. The molecule has 120 valence electrons. The highest BCUT2D eigenvalue weighted by Gasteiger charge is 2.34. The van der Waals surface area contributed by atoms with E-state index in [-0.39, 0.29) is 24.0 Å². The van der Waals surface area contributed by atoms with E-state index in [1.54, 1.807) is 0 Å². The number of nitrogens with zero attached hydrogens (tertiary/aromatic N) is 3. The van der Waals surface area contributed by atoms with E-state index in [1.165, 1.54) is 35.1 Å². The molecule has 0 bridgehead atoms. The summed E-state index contributed by atoms with van der Waals surface area (Å²) in [6.45, 7) is 2.59. The van der Waals surface area contributed by atoms with Crippen LogP contribution in [0, 0.1) is 6.92 Å². The van der Waals surface area contributed by atoms with Gasteiger partial charge < -0.3 is 15.0 Å². The Hall–Kier alpha value is -1.68. The number of esters is 1. The highest BCUT2D eigenvalue weighted by atomic mass is 32.2. The minimum Gasteiger partial charge on any atom is -0.469 e. The van der Waals surface area contributed by atoms with Crippen molar-refractivity contribution in [1.82, 2.24) is 20.4 Å². The lowest BCUT2D eigenvalue weighted by molar-refractivity contribution is -0.149. The summed E-state index contributed by atoms with van der Waals surface area (Å²) < 4.78 is 5.29. The molecule has 8 nitrogen and oxygen atoms in total. The van der Waals surface area contributed by atoms with Crippen molar-refractivity contribution in [2.75, 3.05) is 26.0 Å². The molecule has 10 heteroatoms. The molecule has 2 rings (SSSR count). The Morgan fingerprint density at radius 2 is 2.27 bits per heavy atom. The maximum atomic E-state index is 12.3. The highest BCUT2D eigenvalue weighted by Crippen LogP contribution is 2.23. The number of piperazine rings is 1. The molecule has 22 heavy (non-hydrogen) atoms. The van der Waals surface area contributed by atoms with Gasteiger partial charge >= 0.3 is 5.97 Å². The number of thioether (sulfide) groups is 1. The van der Waals surface area contributed by atoms with Crippen LogP contribution in [0.15, 0.2) is 4.34 Å². The van der Waals surface area contributed by atoms with Crippen molar-refractivity contribution in [3.8, 4) is 0 Å². The van der Waals surface area contributed by atoms with E-state index in [0.29, 0.717) is 17.4 Å². The van der Waals surface area contributed by atoms with Crippen LogP contribution in [-0.4, -0.2) is 64.9 Å². The SMILES string of the molecule is COC(=O)C[C@@H]1C(=O)NCCN1C(=O)CSc1nnc(C)s1. The van der Waals surface area contributed by atoms with Gasteiger partial charge in [0.05, 0.1) is 19.3 Å². The summed E-state index contributed by atoms with van der Waals surface area (Å²) in [6.07, 6.45) is -0.142. The Morgan fingerprint density at radius 1 is 1.50 bits per heavy atom. The molecule has 0 aromatic carbocycles. The number of hydrogen-bond donors (Lipinski definition) is 1. The maximum absolute atomic E-state index is 12.3. The third-order valence-corrected chi connectivity index (χ3v) is 5.02. The summed E-state index contributed by atoms with van der Waals surface area (Å²) in [6, 6.07) is -0.814. The Bertz CT molecular complexity index is 577. The standard InChI is InChI=1S/C12H16N4O4S2/c1-7-14-15-12(22-7)21-6-9(17)16-4-3-13-11(19)8(16)5-10(18)20-2/h8H,3-6H2,1-2H3,(H,13,19)/t8-/m1/s1. The molecule has 1 saturated heterocycles. The molecule has 1 fully saturated rings. The van der Waals surface area contributed by atoms with E-state index in [2.05, 4.69) is 20.3 Å². The van der Waals surface area contributed by atoms with E-state index in [9.17, 15) is 14.4 Å². The molecule has 1 N–H and O–H groups in total. The fraction of sp³-hybridized carbons (Fsp3) is 0.583. The monoisotopic (exact) mass is 344 g/mol. The third-order valence-electron chi connectivity index (χ3n) is 3.07. The Labute approximate surface area is 135 Å². The first-order chi connectivity index (χ1) is 10.5. The summed E-state index contributed by atoms with van der Waals surface area (Å²) in [4.78, 5) is 37.1. The summed E-state index contributed by atoms with van der Waals surface area (Å²) in [5, 5.41) is 11.3. The number of carbonyl (C=O) groups is 3. The van der Waals surface area contributed by atoms with Gasteiger partial charge in [0.1, 0.15) is 11.0 Å². The quantitative estimate of drug-likeness (QED) is 0.584. The van der Waals surface area contributed by atoms with Crippen LogP contribution in [0.5, 0.6) is 0 Å². The molecule has 1 aromatic heterocycles. The largest absolute Gasteiger partial charge is 0.469 e. The van der Waals surface area contributed by atoms with Crippen molar-refractivity contribution >= 4 is 40.9 Å². The number of amides is 2. The number of aromatic nitrogens is 2. The van der Waals surface area contributed by atoms with Crippen LogP contribution in [0.1, 0.15) is 11.4 Å². The van der Waals surface area contributed by atoms with Gasteiger partial charge in [-0.1, -0.05) is 23.1 Å². The molecule has 0 radical (unpaired) electrons. The van der Waals surface area contributed by atoms with Crippen molar-refractivity contribution in [1.29, 1.82) is 0 Å². The Kier molecular flexibility index (Phi) is 5.72.